The lowest BCUT2D eigenvalue weighted by Gasteiger charge is -2.34. The Bertz CT molecular complexity index is 542. The van der Waals surface area contributed by atoms with Crippen molar-refractivity contribution in [3.05, 3.63) is 12.2 Å². The van der Waals surface area contributed by atoms with Crippen molar-refractivity contribution in [2.75, 3.05) is 24.3 Å². The van der Waals surface area contributed by atoms with E-state index in [0.29, 0.717) is 12.3 Å². The lowest BCUT2D eigenvalue weighted by molar-refractivity contribution is -0.123. The molecule has 9 heteroatoms. The number of carbonyl (C=O) groups is 3. The van der Waals surface area contributed by atoms with Crippen LogP contribution >= 0.6 is 10.3 Å². The number of carbonyl (C=O) groups excluding carboxylic acids is 3. The molecule has 0 saturated carbocycles. The first kappa shape index (κ1) is 21.3. The van der Waals surface area contributed by atoms with Crippen molar-refractivity contribution in [2.45, 2.75) is 45.4 Å². The SMILES string of the molecule is C[C@H]1/C=C/C(=O)NCCS(C)(O)C[C@H](NC(=O)OC(C)(C)C)C(=O)N1. The van der Waals surface area contributed by atoms with Crippen molar-refractivity contribution in [3.8, 4) is 0 Å². The normalized spacial score (nSPS) is 32.7. The van der Waals surface area contributed by atoms with E-state index in [9.17, 15) is 18.9 Å². The Morgan fingerprint density at radius 1 is 1.40 bits per heavy atom. The molecule has 3 atom stereocenters. The minimum Gasteiger partial charge on any atom is -0.444 e. The van der Waals surface area contributed by atoms with Gasteiger partial charge in [0.05, 0.1) is 0 Å². The molecule has 25 heavy (non-hydrogen) atoms. The first-order valence-electron chi connectivity index (χ1n) is 8.10. The van der Waals surface area contributed by atoms with E-state index in [0.717, 1.165) is 0 Å². The molecule has 1 aliphatic heterocycles. The topological polar surface area (TPSA) is 117 Å². The molecule has 0 fully saturated rings. The zero-order valence-electron chi connectivity index (χ0n) is 15.4. The number of ether oxygens (including phenoxy) is 1. The smallest absolute Gasteiger partial charge is 0.408 e. The summed E-state index contributed by atoms with van der Waals surface area (Å²) in [6.07, 6.45) is 3.82. The summed E-state index contributed by atoms with van der Waals surface area (Å²) in [5, 5.41) is 7.92. The number of nitrogens with one attached hydrogen (secondary N) is 3. The van der Waals surface area contributed by atoms with E-state index in [-0.39, 0.29) is 11.7 Å². The van der Waals surface area contributed by atoms with Gasteiger partial charge in [-0.2, -0.15) is 0 Å². The third-order valence-electron chi connectivity index (χ3n) is 3.28. The van der Waals surface area contributed by atoms with Gasteiger partial charge in [-0.3, -0.25) is 9.59 Å². The fourth-order valence-corrected chi connectivity index (χ4v) is 3.79. The van der Waals surface area contributed by atoms with Gasteiger partial charge in [0.2, 0.25) is 11.8 Å². The van der Waals surface area contributed by atoms with Crippen LogP contribution in [0, 0.1) is 0 Å². The second-order valence-electron chi connectivity index (χ2n) is 7.24. The van der Waals surface area contributed by atoms with E-state index in [4.69, 9.17) is 4.74 Å². The van der Waals surface area contributed by atoms with E-state index in [1.807, 2.05) is 0 Å². The Hall–Kier alpha value is -1.74. The molecule has 1 unspecified atom stereocenters. The largest absolute Gasteiger partial charge is 0.444 e. The van der Waals surface area contributed by atoms with Crippen LogP contribution in [0.15, 0.2) is 12.2 Å². The standard InChI is InChI=1S/C16H29N3O5S/c1-11-6-7-13(20)17-8-9-25(5,23)10-12(14(21)18-11)19-15(22)24-16(2,3)4/h6-7,11-12,23H,8-10H2,1-5H3,(H,17,20)(H,18,21)(H,19,22)/b7-6+/t11-,12-/m0/s1. The average molecular weight is 375 g/mol. The van der Waals surface area contributed by atoms with E-state index in [2.05, 4.69) is 16.0 Å². The van der Waals surface area contributed by atoms with Crippen molar-refractivity contribution in [3.63, 3.8) is 0 Å². The molecule has 0 saturated heterocycles. The molecule has 3 amide bonds. The van der Waals surface area contributed by atoms with Crippen LogP contribution in [0.3, 0.4) is 0 Å². The molecule has 4 N–H and O–H groups in total. The molecular formula is C16H29N3O5S. The van der Waals surface area contributed by atoms with Crippen molar-refractivity contribution in [1.29, 1.82) is 0 Å². The molecular weight excluding hydrogens is 346 g/mol. The zero-order chi connectivity index (χ0) is 19.3. The molecule has 1 aliphatic rings. The highest BCUT2D eigenvalue weighted by Crippen LogP contribution is 2.39. The van der Waals surface area contributed by atoms with Gasteiger partial charge in [0.1, 0.15) is 11.6 Å². The van der Waals surface area contributed by atoms with Crippen LogP contribution in [-0.4, -0.2) is 64.5 Å². The summed E-state index contributed by atoms with van der Waals surface area (Å²) >= 11 is 0. The number of rotatable bonds is 1. The number of amides is 3. The Morgan fingerprint density at radius 3 is 2.64 bits per heavy atom. The molecule has 144 valence electrons. The second kappa shape index (κ2) is 8.57. The summed E-state index contributed by atoms with van der Waals surface area (Å²) in [5.41, 5.74) is -0.693. The molecule has 0 spiro atoms. The van der Waals surface area contributed by atoms with E-state index < -0.39 is 40.0 Å². The van der Waals surface area contributed by atoms with E-state index in [1.165, 1.54) is 6.08 Å². The Balaban J connectivity index is 2.93. The molecule has 0 aliphatic carbocycles. The predicted octanol–water partition coefficient (Wildman–Crippen LogP) is 0.978. The highest BCUT2D eigenvalue weighted by Gasteiger charge is 2.30. The molecule has 0 aromatic heterocycles. The van der Waals surface area contributed by atoms with Crippen LogP contribution in [0.4, 0.5) is 4.79 Å². The molecule has 0 bridgehead atoms. The van der Waals surface area contributed by atoms with Crippen molar-refractivity contribution < 1.29 is 23.7 Å². The monoisotopic (exact) mass is 375 g/mol. The quantitative estimate of drug-likeness (QED) is 0.545. The van der Waals surface area contributed by atoms with E-state index in [1.54, 1.807) is 40.0 Å². The first-order chi connectivity index (χ1) is 11.4. The molecule has 1 rings (SSSR count). The Morgan fingerprint density at radius 2 is 2.04 bits per heavy atom. The molecule has 0 aromatic rings. The summed E-state index contributed by atoms with van der Waals surface area (Å²) in [4.78, 5) is 36.1. The molecule has 0 radical (unpaired) electrons. The maximum Gasteiger partial charge on any atom is 0.408 e. The summed E-state index contributed by atoms with van der Waals surface area (Å²) < 4.78 is 15.8. The molecule has 0 aromatic carbocycles. The highest BCUT2D eigenvalue weighted by molar-refractivity contribution is 8.28. The maximum absolute atomic E-state index is 12.5. The lowest BCUT2D eigenvalue weighted by atomic mass is 10.2. The zero-order valence-corrected chi connectivity index (χ0v) is 16.2. The van der Waals surface area contributed by atoms with Gasteiger partial charge in [-0.1, -0.05) is 6.08 Å². The van der Waals surface area contributed by atoms with E-state index >= 15 is 0 Å². The fourth-order valence-electron chi connectivity index (χ4n) is 2.13. The van der Waals surface area contributed by atoms with Gasteiger partial charge in [0.25, 0.3) is 0 Å². The van der Waals surface area contributed by atoms with Crippen molar-refractivity contribution in [2.24, 2.45) is 0 Å². The maximum atomic E-state index is 12.5. The van der Waals surface area contributed by atoms with Crippen molar-refractivity contribution in [1.82, 2.24) is 16.0 Å². The van der Waals surface area contributed by atoms with Crippen LogP contribution in [0.1, 0.15) is 27.7 Å². The van der Waals surface area contributed by atoms with Gasteiger partial charge in [0, 0.05) is 30.2 Å². The fraction of sp³-hybridized carbons (Fsp3) is 0.688. The van der Waals surface area contributed by atoms with Gasteiger partial charge in [-0.25, -0.2) is 4.79 Å². The van der Waals surface area contributed by atoms with Crippen molar-refractivity contribution >= 4 is 28.2 Å². The molecule has 1 heterocycles. The van der Waals surface area contributed by atoms with Gasteiger partial charge in [-0.15, -0.1) is 10.3 Å². The number of alkyl carbamates (subject to hydrolysis) is 1. The highest BCUT2D eigenvalue weighted by atomic mass is 32.3. The second-order valence-corrected chi connectivity index (χ2v) is 10.4. The van der Waals surface area contributed by atoms with Gasteiger partial charge >= 0.3 is 6.09 Å². The van der Waals surface area contributed by atoms with Crippen LogP contribution in [0.2, 0.25) is 0 Å². The summed E-state index contributed by atoms with van der Waals surface area (Å²) in [7, 11) is -2.19. The third kappa shape index (κ3) is 8.78. The van der Waals surface area contributed by atoms with Crippen LogP contribution < -0.4 is 16.0 Å². The number of hydrogen-bond donors (Lipinski definition) is 4. The summed E-state index contributed by atoms with van der Waals surface area (Å²) in [6, 6.07) is -1.33. The van der Waals surface area contributed by atoms with Gasteiger partial charge in [0.15, 0.2) is 0 Å². The summed E-state index contributed by atoms with van der Waals surface area (Å²) in [6.45, 7) is 7.18. The van der Waals surface area contributed by atoms with Gasteiger partial charge < -0.3 is 25.2 Å². The number of hydrogen-bond acceptors (Lipinski definition) is 5. The van der Waals surface area contributed by atoms with Crippen LogP contribution in [0.5, 0.6) is 0 Å². The van der Waals surface area contributed by atoms with Crippen LogP contribution in [-0.2, 0) is 14.3 Å². The molecule has 8 nitrogen and oxygen atoms in total. The lowest BCUT2D eigenvalue weighted by Crippen LogP contribution is -2.52. The third-order valence-corrected chi connectivity index (χ3v) is 5.42. The Kier molecular flexibility index (Phi) is 7.30. The first-order valence-corrected chi connectivity index (χ1v) is 10.4. The predicted molar refractivity (Wildman–Crippen MR) is 98.8 cm³/mol. The Labute approximate surface area is 150 Å². The summed E-state index contributed by atoms with van der Waals surface area (Å²) in [5.74, 6) is -0.316. The average Bonchev–Trinajstić information content (AvgIpc) is 2.40. The van der Waals surface area contributed by atoms with Gasteiger partial charge in [-0.05, 0) is 34.0 Å². The minimum absolute atomic E-state index is 0.0738. The minimum atomic E-state index is -2.19. The van der Waals surface area contributed by atoms with Crippen LogP contribution in [0.25, 0.3) is 0 Å².